The maximum Gasteiger partial charge on any atom is 0.262 e. The highest BCUT2D eigenvalue weighted by Crippen LogP contribution is 2.49. The lowest BCUT2D eigenvalue weighted by Gasteiger charge is -2.36. The Bertz CT molecular complexity index is 1720. The summed E-state index contributed by atoms with van der Waals surface area (Å²) in [6, 6.07) is 19.4. The van der Waals surface area contributed by atoms with Gasteiger partial charge in [0.1, 0.15) is 5.54 Å². The third-order valence-electron chi connectivity index (χ3n) is 8.29. The number of Topliss-reactive ketones (excluding diaryl/α,β-unsaturated/α-hetero) is 1. The van der Waals surface area contributed by atoms with E-state index in [1.54, 1.807) is 12.1 Å². The Labute approximate surface area is 241 Å². The number of ketones is 1. The maximum absolute atomic E-state index is 14.1. The van der Waals surface area contributed by atoms with Gasteiger partial charge in [0.05, 0.1) is 15.6 Å². The number of benzene rings is 3. The Balaban J connectivity index is 1.44. The van der Waals surface area contributed by atoms with Crippen LogP contribution in [0.4, 0.5) is 5.69 Å². The van der Waals surface area contributed by atoms with Crippen LogP contribution in [0.15, 0.2) is 79.4 Å². The Morgan fingerprint density at radius 1 is 0.976 bits per heavy atom. The van der Waals surface area contributed by atoms with Crippen molar-refractivity contribution < 1.29 is 14.4 Å². The first-order chi connectivity index (χ1) is 19.7. The Hall–Kier alpha value is -4.31. The number of anilines is 1. The van der Waals surface area contributed by atoms with Gasteiger partial charge in [0.15, 0.2) is 5.78 Å². The van der Waals surface area contributed by atoms with Gasteiger partial charge < -0.3 is 27.8 Å². The molecule has 1 saturated carbocycles. The number of hydrogen-bond donors (Lipinski definition) is 5. The van der Waals surface area contributed by atoms with E-state index in [9.17, 15) is 14.4 Å². The van der Waals surface area contributed by atoms with Crippen molar-refractivity contribution in [1.29, 1.82) is 0 Å². The molecule has 4 atom stereocenters. The molecule has 0 saturated heterocycles. The molecular weight excluding hydrogens is 534 g/mol. The van der Waals surface area contributed by atoms with Crippen LogP contribution in [0.5, 0.6) is 0 Å². The van der Waals surface area contributed by atoms with Gasteiger partial charge in [0.2, 0.25) is 5.91 Å². The van der Waals surface area contributed by atoms with E-state index in [1.807, 2.05) is 54.6 Å². The lowest BCUT2D eigenvalue weighted by molar-refractivity contribution is -0.124. The van der Waals surface area contributed by atoms with Crippen molar-refractivity contribution >= 4 is 44.7 Å². The maximum atomic E-state index is 14.1. The standard InChI is InChI=1S/C32H31N5O3S/c1-2-24(38)36-22-12-7-13-23(22)37-31(40)29-26-25-20(14-15-21(33)28(25)41-29)32(35,30(39)27(26)34)19-11-6-10-18(16-19)17-8-4-3-5-9-17/h2-6,8-11,14-16,22-23,27H,1,7,12-13,33-35H2,(H,36,38)(H,37,40)/t22-,23+,27?,32?/m0/s1. The van der Waals surface area contributed by atoms with Gasteiger partial charge in [-0.2, -0.15) is 0 Å². The number of hydrogen-bond acceptors (Lipinski definition) is 7. The molecule has 208 valence electrons. The fourth-order valence-electron chi connectivity index (χ4n) is 6.20. The number of carbonyl (C=O) groups is 3. The van der Waals surface area contributed by atoms with Crippen LogP contribution in [0, 0.1) is 0 Å². The van der Waals surface area contributed by atoms with Gasteiger partial charge in [0, 0.05) is 28.7 Å². The number of nitrogens with one attached hydrogen (secondary N) is 2. The van der Waals surface area contributed by atoms with Crippen LogP contribution in [-0.4, -0.2) is 29.7 Å². The minimum absolute atomic E-state index is 0.209. The van der Waals surface area contributed by atoms with Crippen molar-refractivity contribution in [3.05, 3.63) is 101 Å². The summed E-state index contributed by atoms with van der Waals surface area (Å²) in [7, 11) is 0. The summed E-state index contributed by atoms with van der Waals surface area (Å²) in [5, 5.41) is 6.62. The molecule has 41 heavy (non-hydrogen) atoms. The molecule has 1 fully saturated rings. The summed E-state index contributed by atoms with van der Waals surface area (Å²) in [6.07, 6.45) is 3.54. The van der Waals surface area contributed by atoms with E-state index in [1.165, 1.54) is 17.4 Å². The summed E-state index contributed by atoms with van der Waals surface area (Å²) < 4.78 is 0.669. The van der Waals surface area contributed by atoms with Gasteiger partial charge in [0.25, 0.3) is 5.91 Å². The highest BCUT2D eigenvalue weighted by atomic mass is 32.1. The SMILES string of the molecule is C=CC(=O)N[C@H]1CCC[C@H]1NC(=O)c1sc2c(N)ccc3c2c1C(N)C(=O)C3(N)c1cccc(-c2ccccc2)c1. The Morgan fingerprint density at radius 2 is 1.68 bits per heavy atom. The van der Waals surface area contributed by atoms with Crippen LogP contribution in [0.2, 0.25) is 0 Å². The van der Waals surface area contributed by atoms with Gasteiger partial charge in [-0.05, 0) is 59.7 Å². The number of nitrogens with two attached hydrogens (primary N) is 3. The molecule has 8 N–H and O–H groups in total. The Kier molecular flexibility index (Phi) is 6.73. The van der Waals surface area contributed by atoms with Gasteiger partial charge in [-0.25, -0.2) is 0 Å². The van der Waals surface area contributed by atoms with E-state index in [4.69, 9.17) is 17.2 Å². The van der Waals surface area contributed by atoms with Crippen LogP contribution in [0.3, 0.4) is 0 Å². The minimum atomic E-state index is -1.54. The van der Waals surface area contributed by atoms with Gasteiger partial charge in [-0.3, -0.25) is 14.4 Å². The molecule has 1 heterocycles. The Morgan fingerprint density at radius 3 is 2.41 bits per heavy atom. The van der Waals surface area contributed by atoms with Gasteiger partial charge in [-0.1, -0.05) is 61.2 Å². The molecule has 0 radical (unpaired) electrons. The van der Waals surface area contributed by atoms with E-state index in [2.05, 4.69) is 17.2 Å². The highest BCUT2D eigenvalue weighted by Gasteiger charge is 2.49. The summed E-state index contributed by atoms with van der Waals surface area (Å²) in [5.41, 5.74) is 22.6. The van der Waals surface area contributed by atoms with Crippen molar-refractivity contribution in [2.24, 2.45) is 11.5 Å². The minimum Gasteiger partial charge on any atom is -0.398 e. The van der Waals surface area contributed by atoms with Crippen molar-refractivity contribution in [1.82, 2.24) is 10.6 Å². The topological polar surface area (TPSA) is 153 Å². The molecule has 2 aliphatic carbocycles. The second-order valence-corrected chi connectivity index (χ2v) is 11.7. The number of nitrogen functional groups attached to an aromatic ring is 1. The second kappa shape index (κ2) is 10.3. The average molecular weight is 566 g/mol. The first-order valence-corrected chi connectivity index (χ1v) is 14.4. The molecule has 2 amide bonds. The molecule has 6 rings (SSSR count). The smallest absolute Gasteiger partial charge is 0.262 e. The number of amides is 2. The van der Waals surface area contributed by atoms with Crippen LogP contribution in [0.25, 0.3) is 21.2 Å². The van der Waals surface area contributed by atoms with Gasteiger partial charge >= 0.3 is 0 Å². The monoisotopic (exact) mass is 565 g/mol. The quantitative estimate of drug-likeness (QED) is 0.177. The van der Waals surface area contributed by atoms with Crippen molar-refractivity contribution in [3.8, 4) is 11.1 Å². The van der Waals surface area contributed by atoms with Gasteiger partial charge in [-0.15, -0.1) is 11.3 Å². The molecule has 3 aromatic carbocycles. The zero-order chi connectivity index (χ0) is 28.9. The first-order valence-electron chi connectivity index (χ1n) is 13.6. The fourth-order valence-corrected chi connectivity index (χ4v) is 7.41. The van der Waals surface area contributed by atoms with Crippen molar-refractivity contribution in [2.45, 2.75) is 42.9 Å². The molecule has 9 heteroatoms. The van der Waals surface area contributed by atoms with E-state index in [0.29, 0.717) is 37.3 Å². The molecule has 2 unspecified atom stereocenters. The molecule has 4 aromatic rings. The van der Waals surface area contributed by atoms with E-state index in [0.717, 1.165) is 30.4 Å². The normalized spacial score (nSPS) is 23.4. The van der Waals surface area contributed by atoms with E-state index < -0.39 is 17.4 Å². The number of carbonyl (C=O) groups excluding carboxylic acids is 3. The molecule has 2 aliphatic rings. The van der Waals surface area contributed by atoms with E-state index >= 15 is 0 Å². The fraction of sp³-hybridized carbons (Fsp3) is 0.219. The van der Waals surface area contributed by atoms with Crippen molar-refractivity contribution in [2.75, 3.05) is 5.73 Å². The van der Waals surface area contributed by atoms with Crippen molar-refractivity contribution in [3.63, 3.8) is 0 Å². The summed E-state index contributed by atoms with van der Waals surface area (Å²) >= 11 is 1.21. The van der Waals surface area contributed by atoms with Crippen LogP contribution >= 0.6 is 11.3 Å². The number of rotatable bonds is 6. The molecule has 0 bridgehead atoms. The predicted molar refractivity (Wildman–Crippen MR) is 162 cm³/mol. The average Bonchev–Trinajstić information content (AvgIpc) is 3.61. The molecular formula is C32H31N5O3S. The first kappa shape index (κ1) is 26.9. The third kappa shape index (κ3) is 4.33. The zero-order valence-electron chi connectivity index (χ0n) is 22.4. The lowest BCUT2D eigenvalue weighted by atomic mass is 9.70. The molecule has 1 aromatic heterocycles. The molecule has 8 nitrogen and oxygen atoms in total. The largest absolute Gasteiger partial charge is 0.398 e. The summed E-state index contributed by atoms with van der Waals surface area (Å²) in [6.45, 7) is 3.51. The van der Waals surface area contributed by atoms with Crippen LogP contribution in [-0.2, 0) is 15.1 Å². The van der Waals surface area contributed by atoms with E-state index in [-0.39, 0.29) is 23.9 Å². The molecule has 0 spiro atoms. The lowest BCUT2D eigenvalue weighted by Crippen LogP contribution is -2.52. The van der Waals surface area contributed by atoms with Crippen LogP contribution < -0.4 is 27.8 Å². The summed E-state index contributed by atoms with van der Waals surface area (Å²) in [4.78, 5) is 40.1. The highest BCUT2D eigenvalue weighted by molar-refractivity contribution is 7.21. The number of thiophene rings is 1. The summed E-state index contributed by atoms with van der Waals surface area (Å²) in [5.74, 6) is -1.03. The van der Waals surface area contributed by atoms with Crippen LogP contribution in [0.1, 0.15) is 51.7 Å². The second-order valence-electron chi connectivity index (χ2n) is 10.7. The predicted octanol–water partition coefficient (Wildman–Crippen LogP) is 3.89. The third-order valence-corrected chi connectivity index (χ3v) is 9.54. The zero-order valence-corrected chi connectivity index (χ0v) is 23.2. The molecule has 0 aliphatic heterocycles.